The molecule has 0 saturated carbocycles. The first-order valence-corrected chi connectivity index (χ1v) is 8.38. The molecule has 4 nitrogen and oxygen atoms in total. The number of nitrogens with one attached hydrogen (secondary N) is 1. The van der Waals surface area contributed by atoms with Crippen LogP contribution >= 0.6 is 0 Å². The number of aryl methyl sites for hydroxylation is 1. The van der Waals surface area contributed by atoms with Gasteiger partial charge in [-0.25, -0.2) is 0 Å². The third kappa shape index (κ3) is 3.95. The van der Waals surface area contributed by atoms with Crippen LogP contribution in [0.4, 0.5) is 0 Å². The Balaban J connectivity index is 1.45. The number of carbonyl (C=O) groups excluding carboxylic acids is 1. The Morgan fingerprint density at radius 2 is 2.08 bits per heavy atom. The lowest BCUT2D eigenvalue weighted by molar-refractivity contribution is -0.122. The highest BCUT2D eigenvalue weighted by Gasteiger charge is 2.31. The van der Waals surface area contributed by atoms with Crippen LogP contribution in [0.15, 0.2) is 48.5 Å². The normalized spacial score (nSPS) is 18.9. The maximum absolute atomic E-state index is 12.1. The van der Waals surface area contributed by atoms with E-state index in [9.17, 15) is 9.90 Å². The molecule has 0 spiro atoms. The molecule has 0 saturated heterocycles. The Kier molecular flexibility index (Phi) is 5.16. The molecule has 1 amide bonds. The smallest absolute Gasteiger partial charge is 0.220 e. The predicted octanol–water partition coefficient (Wildman–Crippen LogP) is 2.93. The summed E-state index contributed by atoms with van der Waals surface area (Å²) in [7, 11) is 0. The van der Waals surface area contributed by atoms with Crippen molar-refractivity contribution >= 4 is 5.91 Å². The maximum Gasteiger partial charge on any atom is 0.220 e. The van der Waals surface area contributed by atoms with Gasteiger partial charge in [-0.15, -0.1) is 0 Å². The highest BCUT2D eigenvalue weighted by Crippen LogP contribution is 2.31. The average molecular weight is 325 g/mol. The summed E-state index contributed by atoms with van der Waals surface area (Å²) in [6, 6.07) is 15.4. The minimum Gasteiger partial charge on any atom is -0.494 e. The quantitative estimate of drug-likeness (QED) is 0.803. The third-order valence-electron chi connectivity index (χ3n) is 4.33. The van der Waals surface area contributed by atoms with Gasteiger partial charge in [-0.3, -0.25) is 4.79 Å². The lowest BCUT2D eigenvalue weighted by Crippen LogP contribution is -2.33. The van der Waals surface area contributed by atoms with Crippen molar-refractivity contribution in [1.29, 1.82) is 0 Å². The van der Waals surface area contributed by atoms with Crippen LogP contribution in [0, 0.1) is 6.92 Å². The molecule has 0 aromatic heterocycles. The van der Waals surface area contributed by atoms with Crippen LogP contribution < -0.4 is 10.1 Å². The van der Waals surface area contributed by atoms with Gasteiger partial charge in [-0.2, -0.15) is 0 Å². The number of fused-ring (bicyclic) bond motifs is 1. The summed E-state index contributed by atoms with van der Waals surface area (Å²) in [5.41, 5.74) is 3.28. The molecule has 2 unspecified atom stereocenters. The fourth-order valence-corrected chi connectivity index (χ4v) is 3.12. The van der Waals surface area contributed by atoms with Gasteiger partial charge in [-0.1, -0.05) is 36.4 Å². The Labute approximate surface area is 142 Å². The molecule has 2 N–H and O–H groups in total. The van der Waals surface area contributed by atoms with E-state index in [1.54, 1.807) is 0 Å². The highest BCUT2D eigenvalue weighted by molar-refractivity contribution is 5.76. The molecule has 2 aromatic carbocycles. The van der Waals surface area contributed by atoms with Gasteiger partial charge in [0.05, 0.1) is 18.8 Å². The zero-order chi connectivity index (χ0) is 16.9. The van der Waals surface area contributed by atoms with Crippen LogP contribution in [0.3, 0.4) is 0 Å². The standard InChI is InChI=1S/C20H23NO3/c1-14-6-4-8-16(12-14)24-11-5-10-19(23)21-20-17-9-3-2-7-15(17)13-18(20)22/h2-4,6-9,12,18,20,22H,5,10-11,13H2,1H3,(H,21,23). The Hall–Kier alpha value is -2.33. The van der Waals surface area contributed by atoms with E-state index in [4.69, 9.17) is 4.74 Å². The van der Waals surface area contributed by atoms with Crippen molar-refractivity contribution in [2.45, 2.75) is 38.3 Å². The van der Waals surface area contributed by atoms with E-state index in [2.05, 4.69) is 5.32 Å². The first-order valence-electron chi connectivity index (χ1n) is 8.38. The van der Waals surface area contributed by atoms with Crippen LogP contribution in [0.25, 0.3) is 0 Å². The maximum atomic E-state index is 12.1. The molecule has 3 rings (SSSR count). The Bertz CT molecular complexity index is 714. The fourth-order valence-electron chi connectivity index (χ4n) is 3.12. The van der Waals surface area contributed by atoms with Crippen LogP contribution in [0.2, 0.25) is 0 Å². The number of carbonyl (C=O) groups is 1. The number of hydrogen-bond acceptors (Lipinski definition) is 3. The van der Waals surface area contributed by atoms with Gasteiger partial charge in [0.1, 0.15) is 5.75 Å². The fraction of sp³-hybridized carbons (Fsp3) is 0.350. The summed E-state index contributed by atoms with van der Waals surface area (Å²) < 4.78 is 5.66. The highest BCUT2D eigenvalue weighted by atomic mass is 16.5. The monoisotopic (exact) mass is 325 g/mol. The SMILES string of the molecule is Cc1cccc(OCCCC(=O)NC2c3ccccc3CC2O)c1. The van der Waals surface area contributed by atoms with Gasteiger partial charge in [-0.05, 0) is 42.2 Å². The molecule has 2 atom stereocenters. The van der Waals surface area contributed by atoms with Crippen LogP contribution in [-0.2, 0) is 11.2 Å². The zero-order valence-electron chi connectivity index (χ0n) is 13.9. The zero-order valence-corrected chi connectivity index (χ0v) is 13.9. The minimum atomic E-state index is -0.546. The van der Waals surface area contributed by atoms with Gasteiger partial charge in [0, 0.05) is 12.8 Å². The number of rotatable bonds is 6. The summed E-state index contributed by atoms with van der Waals surface area (Å²) in [5, 5.41) is 13.1. The van der Waals surface area contributed by atoms with E-state index >= 15 is 0 Å². The molecule has 0 bridgehead atoms. The molecule has 126 valence electrons. The van der Waals surface area contributed by atoms with Crippen LogP contribution in [-0.4, -0.2) is 23.7 Å². The van der Waals surface area contributed by atoms with E-state index < -0.39 is 6.10 Å². The van der Waals surface area contributed by atoms with Gasteiger partial charge in [0.15, 0.2) is 0 Å². The van der Waals surface area contributed by atoms with E-state index in [-0.39, 0.29) is 11.9 Å². The first-order chi connectivity index (χ1) is 11.6. The largest absolute Gasteiger partial charge is 0.494 e. The van der Waals surface area contributed by atoms with Crippen molar-refractivity contribution in [2.24, 2.45) is 0 Å². The van der Waals surface area contributed by atoms with Gasteiger partial charge < -0.3 is 15.2 Å². The van der Waals surface area contributed by atoms with Gasteiger partial charge in [0.2, 0.25) is 5.91 Å². The molecule has 1 aliphatic rings. The van der Waals surface area contributed by atoms with Crippen molar-refractivity contribution in [3.63, 3.8) is 0 Å². The lowest BCUT2D eigenvalue weighted by atomic mass is 10.1. The first kappa shape index (κ1) is 16.5. The average Bonchev–Trinajstić information content (AvgIpc) is 2.88. The molecule has 0 heterocycles. The number of aliphatic hydroxyl groups is 1. The predicted molar refractivity (Wildman–Crippen MR) is 92.9 cm³/mol. The topological polar surface area (TPSA) is 58.6 Å². The van der Waals surface area contributed by atoms with E-state index in [0.717, 1.165) is 22.4 Å². The van der Waals surface area contributed by atoms with Crippen molar-refractivity contribution in [3.8, 4) is 5.75 Å². The summed E-state index contributed by atoms with van der Waals surface area (Å²) in [6.07, 6.45) is 1.08. The minimum absolute atomic E-state index is 0.0522. The van der Waals surface area contributed by atoms with Crippen molar-refractivity contribution < 1.29 is 14.6 Å². The lowest BCUT2D eigenvalue weighted by Gasteiger charge is -2.18. The molecule has 2 aromatic rings. The Morgan fingerprint density at radius 3 is 2.92 bits per heavy atom. The summed E-state index contributed by atoms with van der Waals surface area (Å²) in [5.74, 6) is 0.777. The summed E-state index contributed by atoms with van der Waals surface area (Å²) in [4.78, 5) is 12.1. The van der Waals surface area contributed by atoms with E-state index in [1.165, 1.54) is 0 Å². The van der Waals surface area contributed by atoms with Crippen LogP contribution in [0.5, 0.6) is 5.75 Å². The second-order valence-corrected chi connectivity index (χ2v) is 6.28. The second kappa shape index (κ2) is 7.49. The van der Waals surface area contributed by atoms with Crippen molar-refractivity contribution in [1.82, 2.24) is 5.32 Å². The molecule has 4 heteroatoms. The van der Waals surface area contributed by atoms with Crippen LogP contribution in [0.1, 0.15) is 35.6 Å². The van der Waals surface area contributed by atoms with Crippen molar-refractivity contribution in [2.75, 3.05) is 6.61 Å². The van der Waals surface area contributed by atoms with E-state index in [0.29, 0.717) is 25.9 Å². The molecular formula is C20H23NO3. The number of amides is 1. The number of benzene rings is 2. The summed E-state index contributed by atoms with van der Waals surface area (Å²) in [6.45, 7) is 2.52. The van der Waals surface area contributed by atoms with Crippen molar-refractivity contribution in [3.05, 3.63) is 65.2 Å². The molecule has 0 fully saturated rings. The van der Waals surface area contributed by atoms with Gasteiger partial charge >= 0.3 is 0 Å². The number of aliphatic hydroxyl groups excluding tert-OH is 1. The third-order valence-corrected chi connectivity index (χ3v) is 4.33. The summed E-state index contributed by atoms with van der Waals surface area (Å²) >= 11 is 0. The molecule has 1 aliphatic carbocycles. The molecule has 24 heavy (non-hydrogen) atoms. The molecule has 0 radical (unpaired) electrons. The number of hydrogen-bond donors (Lipinski definition) is 2. The molecule has 0 aliphatic heterocycles. The molecular weight excluding hydrogens is 302 g/mol. The Morgan fingerprint density at radius 1 is 1.25 bits per heavy atom. The van der Waals surface area contributed by atoms with Gasteiger partial charge in [0.25, 0.3) is 0 Å². The van der Waals surface area contributed by atoms with E-state index in [1.807, 2.05) is 55.5 Å². The number of ether oxygens (including phenoxy) is 1. The second-order valence-electron chi connectivity index (χ2n) is 6.28.